The fraction of sp³-hybridized carbons (Fsp3) is 0.308. The van der Waals surface area contributed by atoms with Crippen molar-refractivity contribution in [3.05, 3.63) is 66.6 Å². The number of imidazole rings is 1. The lowest BCUT2D eigenvalue weighted by Gasteiger charge is -2.15. The average molecular weight is 473 g/mol. The van der Waals surface area contributed by atoms with Crippen LogP contribution in [-0.2, 0) is 11.3 Å². The van der Waals surface area contributed by atoms with Gasteiger partial charge in [-0.05, 0) is 61.7 Å². The number of rotatable bonds is 9. The van der Waals surface area contributed by atoms with Crippen LogP contribution in [0.25, 0.3) is 22.4 Å². The van der Waals surface area contributed by atoms with E-state index in [2.05, 4.69) is 25.6 Å². The quantitative estimate of drug-likeness (QED) is 0.291. The van der Waals surface area contributed by atoms with Crippen LogP contribution in [0.4, 0.5) is 5.82 Å². The number of carbonyl (C=O) groups is 2. The van der Waals surface area contributed by atoms with E-state index in [4.69, 9.17) is 0 Å². The van der Waals surface area contributed by atoms with Crippen molar-refractivity contribution in [3.63, 3.8) is 0 Å². The second-order valence-corrected chi connectivity index (χ2v) is 8.95. The van der Waals surface area contributed by atoms with Crippen LogP contribution in [-0.4, -0.2) is 48.6 Å². The summed E-state index contributed by atoms with van der Waals surface area (Å²) in [5.41, 5.74) is 2.70. The first kappa shape index (κ1) is 22.6. The van der Waals surface area contributed by atoms with E-state index in [0.29, 0.717) is 29.5 Å². The predicted molar refractivity (Wildman–Crippen MR) is 133 cm³/mol. The van der Waals surface area contributed by atoms with E-state index in [-0.39, 0.29) is 6.42 Å². The lowest BCUT2D eigenvalue weighted by molar-refractivity contribution is -0.139. The van der Waals surface area contributed by atoms with E-state index in [0.717, 1.165) is 29.7 Å². The predicted octanol–water partition coefficient (Wildman–Crippen LogP) is 4.05. The van der Waals surface area contributed by atoms with Gasteiger partial charge in [-0.3, -0.25) is 4.79 Å². The molecule has 3 aromatic heterocycles. The Morgan fingerprint density at radius 1 is 1.14 bits per heavy atom. The molecule has 4 aromatic rings. The number of hydrogen-bond donors (Lipinski definition) is 4. The van der Waals surface area contributed by atoms with Gasteiger partial charge in [-0.15, -0.1) is 0 Å². The Labute approximate surface area is 202 Å². The van der Waals surface area contributed by atoms with Gasteiger partial charge < -0.3 is 25.3 Å². The number of aliphatic carboxylic acids is 1. The molecule has 35 heavy (non-hydrogen) atoms. The lowest BCUT2D eigenvalue weighted by atomic mass is 10.1. The summed E-state index contributed by atoms with van der Waals surface area (Å²) < 4.78 is 1.88. The van der Waals surface area contributed by atoms with Gasteiger partial charge in [0.1, 0.15) is 17.7 Å². The molecule has 1 aliphatic carbocycles. The number of amides is 1. The molecule has 4 N–H and O–H groups in total. The Kier molecular flexibility index (Phi) is 6.47. The molecule has 0 spiro atoms. The van der Waals surface area contributed by atoms with Gasteiger partial charge in [0.2, 0.25) is 0 Å². The Bertz CT molecular complexity index is 1320. The van der Waals surface area contributed by atoms with E-state index in [1.165, 1.54) is 12.8 Å². The van der Waals surface area contributed by atoms with Crippen LogP contribution in [0.3, 0.4) is 0 Å². The number of nitrogens with one attached hydrogen (secondary N) is 3. The van der Waals surface area contributed by atoms with Gasteiger partial charge in [0.05, 0.1) is 11.0 Å². The molecular weight excluding hydrogens is 444 g/mol. The van der Waals surface area contributed by atoms with Crippen molar-refractivity contribution in [1.29, 1.82) is 0 Å². The van der Waals surface area contributed by atoms with E-state index in [9.17, 15) is 14.7 Å². The first-order chi connectivity index (χ1) is 17.0. The molecule has 9 heteroatoms. The van der Waals surface area contributed by atoms with E-state index in [1.54, 1.807) is 24.4 Å². The molecule has 1 aromatic carbocycles. The lowest BCUT2D eigenvalue weighted by Crippen LogP contribution is -2.41. The van der Waals surface area contributed by atoms with Crippen LogP contribution < -0.4 is 10.6 Å². The van der Waals surface area contributed by atoms with Crippen molar-refractivity contribution in [2.24, 2.45) is 0 Å². The maximum Gasteiger partial charge on any atom is 0.326 e. The Balaban J connectivity index is 1.30. The number of carboxylic acids is 1. The minimum absolute atomic E-state index is 0.283. The Morgan fingerprint density at radius 3 is 2.71 bits per heavy atom. The Morgan fingerprint density at radius 2 is 1.94 bits per heavy atom. The van der Waals surface area contributed by atoms with Crippen molar-refractivity contribution < 1.29 is 14.7 Å². The summed E-state index contributed by atoms with van der Waals surface area (Å²) >= 11 is 0. The van der Waals surface area contributed by atoms with Gasteiger partial charge in [0, 0.05) is 42.3 Å². The highest BCUT2D eigenvalue weighted by molar-refractivity contribution is 5.99. The van der Waals surface area contributed by atoms with Gasteiger partial charge >= 0.3 is 5.97 Å². The summed E-state index contributed by atoms with van der Waals surface area (Å²) in [6, 6.07) is 12.2. The molecule has 0 aliphatic heterocycles. The van der Waals surface area contributed by atoms with E-state index < -0.39 is 17.9 Å². The average Bonchev–Trinajstić information content (AvgIpc) is 3.63. The number of aromatic nitrogens is 4. The highest BCUT2D eigenvalue weighted by atomic mass is 16.4. The summed E-state index contributed by atoms with van der Waals surface area (Å²) in [6.45, 7) is 0.497. The third-order valence-electron chi connectivity index (χ3n) is 6.43. The van der Waals surface area contributed by atoms with Gasteiger partial charge in [-0.2, -0.15) is 0 Å². The molecule has 0 radical (unpaired) electrons. The molecular formula is C26H28N6O3. The number of carboxylic acid groups (broad SMARTS) is 1. The highest BCUT2D eigenvalue weighted by Gasteiger charge is 2.21. The van der Waals surface area contributed by atoms with Crippen LogP contribution in [0.1, 0.15) is 42.5 Å². The number of carbonyl (C=O) groups excluding carboxylic acids is 1. The van der Waals surface area contributed by atoms with Crippen molar-refractivity contribution in [2.75, 3.05) is 5.32 Å². The molecule has 9 nitrogen and oxygen atoms in total. The third kappa shape index (κ3) is 5.34. The molecule has 0 unspecified atom stereocenters. The van der Waals surface area contributed by atoms with Gasteiger partial charge in [0.15, 0.2) is 0 Å². The number of nitrogens with zero attached hydrogens (tertiary/aromatic N) is 3. The molecule has 5 rings (SSSR count). The topological polar surface area (TPSA) is 125 Å². The van der Waals surface area contributed by atoms with Crippen LogP contribution in [0, 0.1) is 0 Å². The maximum atomic E-state index is 12.8. The summed E-state index contributed by atoms with van der Waals surface area (Å²) in [7, 11) is 0. The number of aromatic amines is 1. The van der Waals surface area contributed by atoms with Crippen molar-refractivity contribution in [2.45, 2.75) is 50.7 Å². The zero-order valence-corrected chi connectivity index (χ0v) is 19.3. The summed E-state index contributed by atoms with van der Waals surface area (Å²) in [6.07, 6.45) is 10.6. The number of H-pyrrole nitrogens is 1. The molecule has 1 saturated carbocycles. The summed E-state index contributed by atoms with van der Waals surface area (Å²) in [5, 5.41) is 15.7. The molecule has 1 aliphatic rings. The van der Waals surface area contributed by atoms with E-state index in [1.807, 2.05) is 41.2 Å². The molecule has 1 amide bonds. The number of anilines is 1. The maximum absolute atomic E-state index is 12.8. The van der Waals surface area contributed by atoms with Crippen molar-refractivity contribution >= 4 is 28.7 Å². The van der Waals surface area contributed by atoms with Crippen LogP contribution in [0.5, 0.6) is 0 Å². The third-order valence-corrected chi connectivity index (χ3v) is 6.43. The fourth-order valence-electron chi connectivity index (χ4n) is 4.52. The van der Waals surface area contributed by atoms with Crippen molar-refractivity contribution in [3.8, 4) is 11.4 Å². The number of aryl methyl sites for hydroxylation is 1. The summed E-state index contributed by atoms with van der Waals surface area (Å²) in [4.78, 5) is 36.9. The first-order valence-corrected chi connectivity index (χ1v) is 11.9. The van der Waals surface area contributed by atoms with Crippen LogP contribution in [0.2, 0.25) is 0 Å². The number of fused-ring (bicyclic) bond motifs is 1. The fourth-order valence-corrected chi connectivity index (χ4v) is 4.52. The zero-order chi connectivity index (χ0) is 24.2. The molecule has 0 saturated heterocycles. The van der Waals surface area contributed by atoms with Crippen molar-refractivity contribution in [1.82, 2.24) is 24.8 Å². The van der Waals surface area contributed by atoms with Crippen LogP contribution >= 0.6 is 0 Å². The molecule has 180 valence electrons. The zero-order valence-electron chi connectivity index (χ0n) is 19.3. The normalized spacial score (nSPS) is 14.7. The monoisotopic (exact) mass is 472 g/mol. The van der Waals surface area contributed by atoms with Gasteiger partial charge in [0.25, 0.3) is 5.91 Å². The minimum atomic E-state index is -1.06. The van der Waals surface area contributed by atoms with Gasteiger partial charge in [-0.25, -0.2) is 14.8 Å². The number of pyridine rings is 1. The summed E-state index contributed by atoms with van der Waals surface area (Å²) in [5.74, 6) is 0.0177. The smallest absolute Gasteiger partial charge is 0.326 e. The van der Waals surface area contributed by atoms with Gasteiger partial charge in [-0.1, -0.05) is 12.8 Å². The SMILES string of the molecule is O=C(N[C@@H](CCn1cccc1)C(=O)O)c1ccc2nc(-c3ccnc(NC4CCCC4)c3)[nH]c2c1. The van der Waals surface area contributed by atoms with E-state index >= 15 is 0 Å². The highest BCUT2D eigenvalue weighted by Crippen LogP contribution is 2.25. The minimum Gasteiger partial charge on any atom is -0.480 e. The molecule has 1 fully saturated rings. The molecule has 1 atom stereocenters. The largest absolute Gasteiger partial charge is 0.480 e. The second-order valence-electron chi connectivity index (χ2n) is 8.95. The molecule has 3 heterocycles. The number of hydrogen-bond acceptors (Lipinski definition) is 5. The van der Waals surface area contributed by atoms with Crippen LogP contribution in [0.15, 0.2) is 61.1 Å². The standard InChI is InChI=1S/C26H28N6O3/c33-25(31-21(26(34)35)10-14-32-12-3-4-13-32)18-7-8-20-22(15-18)30-24(29-20)17-9-11-27-23(16-17)28-19-5-1-2-6-19/h3-4,7-9,11-13,15-16,19,21H,1-2,5-6,10,14H2,(H,27,28)(H,29,30)(H,31,33)(H,34,35)/t21-/m0/s1. The second kappa shape index (κ2) is 10.0. The first-order valence-electron chi connectivity index (χ1n) is 11.9. The Hall–Kier alpha value is -4.14. The molecule has 0 bridgehead atoms. The number of benzene rings is 1.